The smallest absolute Gasteiger partial charge is 0.0717 e. The zero-order valence-corrected chi connectivity index (χ0v) is 11.2. The molecule has 0 aliphatic carbocycles. The summed E-state index contributed by atoms with van der Waals surface area (Å²) in [5.74, 6) is 0. The number of benzene rings is 1. The van der Waals surface area contributed by atoms with E-state index >= 15 is 0 Å². The highest BCUT2D eigenvalue weighted by Crippen LogP contribution is 2.03. The molecular weight excluding hydrogens is 238 g/mol. The van der Waals surface area contributed by atoms with Crippen LogP contribution in [0, 0.1) is 0 Å². The molecular formula is C15H21N3O. The molecule has 0 fully saturated rings. The molecule has 0 radical (unpaired) electrons. The van der Waals surface area contributed by atoms with Crippen LogP contribution in [0.15, 0.2) is 42.7 Å². The van der Waals surface area contributed by atoms with Crippen molar-refractivity contribution in [2.75, 3.05) is 13.2 Å². The molecule has 0 atom stereocenters. The first-order valence-electron chi connectivity index (χ1n) is 6.71. The molecule has 0 aliphatic heterocycles. The molecule has 0 saturated heterocycles. The number of ether oxygens (including phenoxy) is 1. The Labute approximate surface area is 114 Å². The van der Waals surface area contributed by atoms with E-state index in [1.54, 1.807) is 0 Å². The first-order chi connectivity index (χ1) is 9.38. The fourth-order valence-corrected chi connectivity index (χ4v) is 1.89. The van der Waals surface area contributed by atoms with Crippen molar-refractivity contribution in [2.24, 2.45) is 5.73 Å². The topological polar surface area (TPSA) is 53.1 Å². The zero-order chi connectivity index (χ0) is 13.3. The van der Waals surface area contributed by atoms with Gasteiger partial charge in [0.15, 0.2) is 0 Å². The average molecular weight is 259 g/mol. The average Bonchev–Trinajstić information content (AvgIpc) is 2.90. The van der Waals surface area contributed by atoms with Crippen LogP contribution < -0.4 is 5.73 Å². The van der Waals surface area contributed by atoms with Crippen molar-refractivity contribution in [2.45, 2.75) is 26.0 Å². The largest absolute Gasteiger partial charge is 0.375 e. The molecule has 102 valence electrons. The Morgan fingerprint density at radius 2 is 2.00 bits per heavy atom. The van der Waals surface area contributed by atoms with Crippen LogP contribution in [0.4, 0.5) is 0 Å². The van der Waals surface area contributed by atoms with Gasteiger partial charge in [-0.05, 0) is 30.5 Å². The van der Waals surface area contributed by atoms with Crippen LogP contribution >= 0.6 is 0 Å². The van der Waals surface area contributed by atoms with Crippen molar-refractivity contribution in [3.05, 3.63) is 53.9 Å². The molecule has 0 bridgehead atoms. The molecule has 2 rings (SSSR count). The van der Waals surface area contributed by atoms with E-state index in [0.29, 0.717) is 13.2 Å². The molecule has 19 heavy (non-hydrogen) atoms. The van der Waals surface area contributed by atoms with E-state index in [2.05, 4.69) is 23.4 Å². The summed E-state index contributed by atoms with van der Waals surface area (Å²) >= 11 is 0. The van der Waals surface area contributed by atoms with Crippen molar-refractivity contribution in [3.8, 4) is 0 Å². The van der Waals surface area contributed by atoms with Crippen molar-refractivity contribution in [3.63, 3.8) is 0 Å². The van der Waals surface area contributed by atoms with Gasteiger partial charge in [-0.2, -0.15) is 5.10 Å². The van der Waals surface area contributed by atoms with E-state index in [0.717, 1.165) is 25.9 Å². The summed E-state index contributed by atoms with van der Waals surface area (Å²) in [7, 11) is 0. The summed E-state index contributed by atoms with van der Waals surface area (Å²) in [5, 5.41) is 4.31. The SMILES string of the molecule is NCCCc1cnn(CCOCc2ccccc2)c1. The molecule has 4 nitrogen and oxygen atoms in total. The van der Waals surface area contributed by atoms with E-state index in [-0.39, 0.29) is 0 Å². The Kier molecular flexibility index (Phi) is 5.59. The highest BCUT2D eigenvalue weighted by atomic mass is 16.5. The van der Waals surface area contributed by atoms with Gasteiger partial charge in [-0.25, -0.2) is 0 Å². The number of hydrogen-bond donors (Lipinski definition) is 1. The summed E-state index contributed by atoms with van der Waals surface area (Å²) in [6, 6.07) is 10.2. The summed E-state index contributed by atoms with van der Waals surface area (Å²) in [6.45, 7) is 2.84. The maximum Gasteiger partial charge on any atom is 0.0717 e. The maximum absolute atomic E-state index is 5.63. The lowest BCUT2D eigenvalue weighted by atomic mass is 10.2. The maximum atomic E-state index is 5.63. The van der Waals surface area contributed by atoms with Gasteiger partial charge < -0.3 is 10.5 Å². The van der Waals surface area contributed by atoms with Crippen molar-refractivity contribution >= 4 is 0 Å². The van der Waals surface area contributed by atoms with Gasteiger partial charge in [0.1, 0.15) is 0 Å². The fourth-order valence-electron chi connectivity index (χ4n) is 1.89. The van der Waals surface area contributed by atoms with E-state index in [1.807, 2.05) is 29.1 Å². The van der Waals surface area contributed by atoms with Crippen LogP contribution in [0.5, 0.6) is 0 Å². The van der Waals surface area contributed by atoms with Crippen LogP contribution in [-0.2, 0) is 24.3 Å². The second kappa shape index (κ2) is 7.71. The lowest BCUT2D eigenvalue weighted by Gasteiger charge is -2.04. The molecule has 0 unspecified atom stereocenters. The lowest BCUT2D eigenvalue weighted by molar-refractivity contribution is 0.111. The van der Waals surface area contributed by atoms with Gasteiger partial charge in [0.05, 0.1) is 26.0 Å². The number of aromatic nitrogens is 2. The van der Waals surface area contributed by atoms with Crippen LogP contribution in [0.3, 0.4) is 0 Å². The molecule has 2 N–H and O–H groups in total. The Hall–Kier alpha value is -1.65. The Bertz CT molecular complexity index is 467. The molecule has 0 spiro atoms. The van der Waals surface area contributed by atoms with E-state index in [1.165, 1.54) is 11.1 Å². The molecule has 4 heteroatoms. The monoisotopic (exact) mass is 259 g/mol. The van der Waals surface area contributed by atoms with Gasteiger partial charge in [0.2, 0.25) is 0 Å². The molecule has 2 aromatic rings. The van der Waals surface area contributed by atoms with Crippen LogP contribution in [0.2, 0.25) is 0 Å². The molecule has 0 amide bonds. The number of rotatable bonds is 8. The van der Waals surface area contributed by atoms with Crippen molar-refractivity contribution in [1.29, 1.82) is 0 Å². The number of hydrogen-bond acceptors (Lipinski definition) is 3. The number of aryl methyl sites for hydroxylation is 1. The predicted octanol–water partition coefficient (Wildman–Crippen LogP) is 1.99. The lowest BCUT2D eigenvalue weighted by Crippen LogP contribution is -2.06. The van der Waals surface area contributed by atoms with Crippen LogP contribution in [-0.4, -0.2) is 22.9 Å². The first kappa shape index (κ1) is 13.8. The predicted molar refractivity (Wildman–Crippen MR) is 75.7 cm³/mol. The van der Waals surface area contributed by atoms with Gasteiger partial charge in [0, 0.05) is 6.20 Å². The molecule has 0 aliphatic rings. The summed E-state index contributed by atoms with van der Waals surface area (Å²) in [4.78, 5) is 0. The molecule has 1 aromatic heterocycles. The Balaban J connectivity index is 1.66. The number of nitrogens with two attached hydrogens (primary N) is 1. The second-order valence-corrected chi connectivity index (χ2v) is 4.54. The fraction of sp³-hybridized carbons (Fsp3) is 0.400. The van der Waals surface area contributed by atoms with E-state index in [4.69, 9.17) is 10.5 Å². The number of nitrogens with zero attached hydrogens (tertiary/aromatic N) is 2. The highest BCUT2D eigenvalue weighted by Gasteiger charge is 1.98. The Morgan fingerprint density at radius 3 is 2.79 bits per heavy atom. The van der Waals surface area contributed by atoms with Gasteiger partial charge in [-0.3, -0.25) is 4.68 Å². The van der Waals surface area contributed by atoms with E-state index in [9.17, 15) is 0 Å². The standard InChI is InChI=1S/C15H21N3O/c16-8-4-7-15-11-17-18(12-15)9-10-19-13-14-5-2-1-3-6-14/h1-3,5-6,11-12H,4,7-10,13,16H2. The van der Waals surface area contributed by atoms with Gasteiger partial charge in [-0.1, -0.05) is 30.3 Å². The first-order valence-corrected chi connectivity index (χ1v) is 6.71. The van der Waals surface area contributed by atoms with Crippen molar-refractivity contribution < 1.29 is 4.74 Å². The van der Waals surface area contributed by atoms with Gasteiger partial charge in [-0.15, -0.1) is 0 Å². The minimum atomic E-state index is 0.655. The highest BCUT2D eigenvalue weighted by molar-refractivity contribution is 5.13. The van der Waals surface area contributed by atoms with Crippen LogP contribution in [0.1, 0.15) is 17.5 Å². The third-order valence-electron chi connectivity index (χ3n) is 2.93. The normalized spacial score (nSPS) is 10.8. The Morgan fingerprint density at radius 1 is 1.16 bits per heavy atom. The van der Waals surface area contributed by atoms with Crippen molar-refractivity contribution in [1.82, 2.24) is 9.78 Å². The molecule has 0 saturated carbocycles. The zero-order valence-electron chi connectivity index (χ0n) is 11.2. The minimum Gasteiger partial charge on any atom is -0.375 e. The summed E-state index contributed by atoms with van der Waals surface area (Å²) in [6.07, 6.45) is 5.99. The van der Waals surface area contributed by atoms with E-state index < -0.39 is 0 Å². The summed E-state index contributed by atoms with van der Waals surface area (Å²) in [5.41, 5.74) is 7.93. The second-order valence-electron chi connectivity index (χ2n) is 4.54. The third-order valence-corrected chi connectivity index (χ3v) is 2.93. The third kappa shape index (κ3) is 4.85. The molecule has 1 aromatic carbocycles. The van der Waals surface area contributed by atoms with Gasteiger partial charge in [0.25, 0.3) is 0 Å². The molecule has 1 heterocycles. The quantitative estimate of drug-likeness (QED) is 0.738. The minimum absolute atomic E-state index is 0.655. The van der Waals surface area contributed by atoms with Gasteiger partial charge >= 0.3 is 0 Å². The summed E-state index contributed by atoms with van der Waals surface area (Å²) < 4.78 is 7.56. The van der Waals surface area contributed by atoms with Crippen LogP contribution in [0.25, 0.3) is 0 Å².